The van der Waals surface area contributed by atoms with Crippen molar-refractivity contribution in [1.82, 2.24) is 4.90 Å². The number of morpholine rings is 1. The zero-order chi connectivity index (χ0) is 10.1. The molecule has 0 bridgehead atoms. The molecule has 4 heteroatoms. The van der Waals surface area contributed by atoms with Gasteiger partial charge in [0.2, 0.25) is 5.91 Å². The minimum atomic E-state index is 0.168. The maximum atomic E-state index is 11.8. The van der Waals surface area contributed by atoms with Gasteiger partial charge in [-0.25, -0.2) is 0 Å². The van der Waals surface area contributed by atoms with Crippen LogP contribution in [0.2, 0.25) is 0 Å². The molecule has 0 N–H and O–H groups in total. The second-order valence-corrected chi connectivity index (χ2v) is 4.89. The van der Waals surface area contributed by atoms with E-state index >= 15 is 0 Å². The van der Waals surface area contributed by atoms with Crippen molar-refractivity contribution in [3.8, 4) is 0 Å². The minimum Gasteiger partial charge on any atom is -0.371 e. The van der Waals surface area contributed by atoms with Gasteiger partial charge in [-0.1, -0.05) is 15.9 Å². The van der Waals surface area contributed by atoms with Gasteiger partial charge >= 0.3 is 0 Å². The lowest BCUT2D eigenvalue weighted by atomic mass is 10.2. The molecule has 1 saturated heterocycles. The molecule has 2 unspecified atom stereocenters. The van der Waals surface area contributed by atoms with Crippen LogP contribution < -0.4 is 0 Å². The maximum absolute atomic E-state index is 11.8. The average Bonchev–Trinajstić information content (AvgIpc) is 2.99. The van der Waals surface area contributed by atoms with E-state index in [2.05, 4.69) is 15.9 Å². The predicted octanol–water partition coefficient (Wildman–Crippen LogP) is 1.41. The number of hydrogen-bond acceptors (Lipinski definition) is 2. The minimum absolute atomic E-state index is 0.168. The van der Waals surface area contributed by atoms with E-state index in [1.807, 2.05) is 11.8 Å². The Morgan fingerprint density at radius 3 is 2.79 bits per heavy atom. The lowest BCUT2D eigenvalue weighted by molar-refractivity contribution is -0.144. The second-order valence-electron chi connectivity index (χ2n) is 4.24. The SMILES string of the molecule is CC1CN(C(=O)C2CC2)CC(CBr)O1. The van der Waals surface area contributed by atoms with Gasteiger partial charge in [-0.3, -0.25) is 4.79 Å². The van der Waals surface area contributed by atoms with E-state index in [1.54, 1.807) is 0 Å². The molecule has 2 rings (SSSR count). The third kappa shape index (κ3) is 2.28. The number of hydrogen-bond donors (Lipinski definition) is 0. The normalized spacial score (nSPS) is 33.1. The molecule has 1 amide bonds. The average molecular weight is 262 g/mol. The molecule has 0 spiro atoms. The number of carbonyl (C=O) groups excluding carboxylic acids is 1. The summed E-state index contributed by atoms with van der Waals surface area (Å²) in [4.78, 5) is 13.8. The summed E-state index contributed by atoms with van der Waals surface area (Å²) in [6.45, 7) is 3.55. The van der Waals surface area contributed by atoms with Crippen LogP contribution in [0.25, 0.3) is 0 Å². The van der Waals surface area contributed by atoms with Gasteiger partial charge in [0.1, 0.15) is 0 Å². The first-order chi connectivity index (χ1) is 6.70. The number of halogens is 1. The Bertz CT molecular complexity index is 230. The molecule has 0 aromatic rings. The molecular weight excluding hydrogens is 246 g/mol. The number of nitrogens with zero attached hydrogens (tertiary/aromatic N) is 1. The Kier molecular flexibility index (Phi) is 3.12. The van der Waals surface area contributed by atoms with Crippen LogP contribution >= 0.6 is 15.9 Å². The number of rotatable bonds is 2. The van der Waals surface area contributed by atoms with Gasteiger partial charge in [0.25, 0.3) is 0 Å². The van der Waals surface area contributed by atoms with Crippen molar-refractivity contribution in [3.63, 3.8) is 0 Å². The summed E-state index contributed by atoms with van der Waals surface area (Å²) in [5.41, 5.74) is 0. The van der Waals surface area contributed by atoms with Crippen LogP contribution in [-0.2, 0) is 9.53 Å². The highest BCUT2D eigenvalue weighted by Crippen LogP contribution is 2.32. The molecule has 80 valence electrons. The van der Waals surface area contributed by atoms with Crippen LogP contribution in [0.5, 0.6) is 0 Å². The molecule has 1 heterocycles. The zero-order valence-corrected chi connectivity index (χ0v) is 10.00. The van der Waals surface area contributed by atoms with Crippen molar-refractivity contribution in [2.45, 2.75) is 32.0 Å². The summed E-state index contributed by atoms with van der Waals surface area (Å²) in [6, 6.07) is 0. The van der Waals surface area contributed by atoms with Crippen molar-refractivity contribution in [2.24, 2.45) is 5.92 Å². The van der Waals surface area contributed by atoms with Gasteiger partial charge in [0.05, 0.1) is 12.2 Å². The monoisotopic (exact) mass is 261 g/mol. The van der Waals surface area contributed by atoms with Crippen molar-refractivity contribution in [3.05, 3.63) is 0 Å². The van der Waals surface area contributed by atoms with E-state index in [0.717, 1.165) is 31.3 Å². The van der Waals surface area contributed by atoms with Gasteiger partial charge in [-0.05, 0) is 19.8 Å². The fourth-order valence-corrected chi connectivity index (χ4v) is 2.26. The predicted molar refractivity (Wildman–Crippen MR) is 57.4 cm³/mol. The third-order valence-electron chi connectivity index (χ3n) is 2.74. The van der Waals surface area contributed by atoms with Gasteiger partial charge in [0, 0.05) is 24.3 Å². The molecular formula is C10H16BrNO2. The highest BCUT2D eigenvalue weighted by molar-refractivity contribution is 9.09. The quantitative estimate of drug-likeness (QED) is 0.704. The first-order valence-corrected chi connectivity index (χ1v) is 6.33. The van der Waals surface area contributed by atoms with Gasteiger partial charge in [-0.15, -0.1) is 0 Å². The number of carbonyl (C=O) groups is 1. The molecule has 0 aromatic heterocycles. The van der Waals surface area contributed by atoms with Crippen molar-refractivity contribution < 1.29 is 9.53 Å². The summed E-state index contributed by atoms with van der Waals surface area (Å²) in [6.07, 6.45) is 2.52. The van der Waals surface area contributed by atoms with Gasteiger partial charge in [-0.2, -0.15) is 0 Å². The maximum Gasteiger partial charge on any atom is 0.225 e. The molecule has 2 fully saturated rings. The third-order valence-corrected chi connectivity index (χ3v) is 3.46. The Labute approximate surface area is 92.9 Å². The Hall–Kier alpha value is -0.0900. The molecule has 2 aliphatic rings. The smallest absolute Gasteiger partial charge is 0.225 e. The molecule has 2 atom stereocenters. The highest BCUT2D eigenvalue weighted by atomic mass is 79.9. The molecule has 3 nitrogen and oxygen atoms in total. The van der Waals surface area contributed by atoms with Crippen molar-refractivity contribution >= 4 is 21.8 Å². The van der Waals surface area contributed by atoms with E-state index in [1.165, 1.54) is 0 Å². The van der Waals surface area contributed by atoms with Crippen LogP contribution in [0.4, 0.5) is 0 Å². The summed E-state index contributed by atoms with van der Waals surface area (Å²) < 4.78 is 5.68. The summed E-state index contributed by atoms with van der Waals surface area (Å²) in [5.74, 6) is 0.669. The number of amides is 1. The lowest BCUT2D eigenvalue weighted by Crippen LogP contribution is -2.50. The van der Waals surface area contributed by atoms with Crippen LogP contribution in [0.3, 0.4) is 0 Å². The molecule has 0 radical (unpaired) electrons. The van der Waals surface area contributed by atoms with E-state index in [4.69, 9.17) is 4.74 Å². The van der Waals surface area contributed by atoms with E-state index in [0.29, 0.717) is 11.8 Å². The van der Waals surface area contributed by atoms with Gasteiger partial charge in [0.15, 0.2) is 0 Å². The molecule has 0 aromatic carbocycles. The molecule has 14 heavy (non-hydrogen) atoms. The van der Waals surface area contributed by atoms with Gasteiger partial charge < -0.3 is 9.64 Å². The number of ether oxygens (including phenoxy) is 1. The zero-order valence-electron chi connectivity index (χ0n) is 8.41. The lowest BCUT2D eigenvalue weighted by Gasteiger charge is -2.36. The van der Waals surface area contributed by atoms with E-state index in [-0.39, 0.29) is 12.2 Å². The largest absolute Gasteiger partial charge is 0.371 e. The first kappa shape index (κ1) is 10.4. The van der Waals surface area contributed by atoms with E-state index < -0.39 is 0 Å². The Balaban J connectivity index is 1.93. The van der Waals surface area contributed by atoms with E-state index in [9.17, 15) is 4.79 Å². The van der Waals surface area contributed by atoms with Crippen molar-refractivity contribution in [1.29, 1.82) is 0 Å². The standard InChI is InChI=1S/C10H16BrNO2/c1-7-5-12(6-9(4-11)14-7)10(13)8-2-3-8/h7-9H,2-6H2,1H3. The molecule has 1 aliphatic heterocycles. The fourth-order valence-electron chi connectivity index (χ4n) is 1.90. The summed E-state index contributed by atoms with van der Waals surface area (Å²) >= 11 is 3.40. The molecule has 1 saturated carbocycles. The van der Waals surface area contributed by atoms with Crippen molar-refractivity contribution in [2.75, 3.05) is 18.4 Å². The van der Waals surface area contributed by atoms with Crippen LogP contribution in [0.1, 0.15) is 19.8 Å². The number of alkyl halides is 1. The highest BCUT2D eigenvalue weighted by Gasteiger charge is 2.36. The topological polar surface area (TPSA) is 29.5 Å². The fraction of sp³-hybridized carbons (Fsp3) is 0.900. The second kappa shape index (κ2) is 4.19. The first-order valence-electron chi connectivity index (χ1n) is 5.21. The van der Waals surface area contributed by atoms with Crippen LogP contribution in [0, 0.1) is 5.92 Å². The molecule has 1 aliphatic carbocycles. The van der Waals surface area contributed by atoms with Crippen LogP contribution in [-0.4, -0.2) is 41.4 Å². The summed E-state index contributed by atoms with van der Waals surface area (Å²) in [7, 11) is 0. The Morgan fingerprint density at radius 2 is 2.21 bits per heavy atom. The Morgan fingerprint density at radius 1 is 1.50 bits per heavy atom. The van der Waals surface area contributed by atoms with Crippen LogP contribution in [0.15, 0.2) is 0 Å². The summed E-state index contributed by atoms with van der Waals surface area (Å²) in [5, 5.41) is 0.811.